The first-order valence-electron chi connectivity index (χ1n) is 6.65. The maximum absolute atomic E-state index is 11.6. The summed E-state index contributed by atoms with van der Waals surface area (Å²) in [4.78, 5) is 26.6. The topological polar surface area (TPSA) is 103 Å². The van der Waals surface area contributed by atoms with Gasteiger partial charge in [0.25, 0.3) is 0 Å². The first kappa shape index (κ1) is 17.1. The lowest BCUT2D eigenvalue weighted by atomic mass is 10.2. The molecule has 0 aromatic carbocycles. The summed E-state index contributed by atoms with van der Waals surface area (Å²) < 4.78 is 11.7. The predicted molar refractivity (Wildman–Crippen MR) is 75.1 cm³/mol. The lowest BCUT2D eigenvalue weighted by molar-refractivity contribution is -0.151. The van der Waals surface area contributed by atoms with E-state index in [4.69, 9.17) is 14.7 Å². The van der Waals surface area contributed by atoms with Gasteiger partial charge in [-0.05, 0) is 12.5 Å². The monoisotopic (exact) mass is 299 g/mol. The summed E-state index contributed by atoms with van der Waals surface area (Å²) >= 11 is 0. The molecule has 0 saturated heterocycles. The second kappa shape index (κ2) is 8.38. The van der Waals surface area contributed by atoms with Gasteiger partial charge in [0.05, 0.1) is 12.0 Å². The van der Waals surface area contributed by atoms with Crippen molar-refractivity contribution in [3.63, 3.8) is 0 Å². The van der Waals surface area contributed by atoms with Crippen LogP contribution in [-0.4, -0.2) is 40.5 Å². The number of nitrogens with one attached hydrogen (secondary N) is 1. The highest BCUT2D eigenvalue weighted by Crippen LogP contribution is 2.04. The Kier molecular flexibility index (Phi) is 6.83. The minimum Gasteiger partial charge on any atom is -0.463 e. The molecule has 0 spiro atoms. The van der Waals surface area contributed by atoms with Crippen molar-refractivity contribution in [3.05, 3.63) is 22.7 Å². The Hall–Kier alpha value is -1.93. The van der Waals surface area contributed by atoms with Crippen LogP contribution in [0.15, 0.2) is 17.1 Å². The number of hydrogen-bond acceptors (Lipinski definition) is 7. The summed E-state index contributed by atoms with van der Waals surface area (Å²) in [6.45, 7) is 4.03. The molecule has 1 aromatic rings. The summed E-state index contributed by atoms with van der Waals surface area (Å²) in [5, 5.41) is 8.65. The summed E-state index contributed by atoms with van der Waals surface area (Å²) in [6.07, 6.45) is 1.71. The van der Waals surface area contributed by atoms with Crippen molar-refractivity contribution in [3.8, 4) is 0 Å². The number of carbonyl (C=O) groups is 1. The zero-order valence-electron chi connectivity index (χ0n) is 12.4. The van der Waals surface area contributed by atoms with E-state index in [1.54, 1.807) is 13.8 Å². The van der Waals surface area contributed by atoms with Crippen LogP contribution in [0.3, 0.4) is 0 Å². The zero-order chi connectivity index (χ0) is 15.8. The maximum Gasteiger partial charge on any atom is 0.349 e. The van der Waals surface area contributed by atoms with Crippen molar-refractivity contribution in [1.29, 1.82) is 0 Å². The van der Waals surface area contributed by atoms with Crippen LogP contribution < -0.4 is 11.2 Å². The highest BCUT2D eigenvalue weighted by Gasteiger charge is 2.14. The van der Waals surface area contributed by atoms with Crippen LogP contribution in [0.4, 0.5) is 5.82 Å². The molecule has 0 fully saturated rings. The molecule has 0 amide bonds. The van der Waals surface area contributed by atoms with Crippen molar-refractivity contribution in [2.75, 3.05) is 19.2 Å². The number of methoxy groups -OCH3 is 1. The molecular formula is C13H21N3O5. The van der Waals surface area contributed by atoms with E-state index in [1.165, 1.54) is 23.9 Å². The van der Waals surface area contributed by atoms with Crippen molar-refractivity contribution < 1.29 is 19.5 Å². The lowest BCUT2D eigenvalue weighted by Crippen LogP contribution is -2.28. The first-order chi connectivity index (χ1) is 9.97. The number of aryl methyl sites for hydroxylation is 1. The molecule has 1 aromatic heterocycles. The standard InChI is InChI=1S/C13H21N3O5/c1-9(2)12(17)21-8-10(20-3)4-6-16-7-5-11(15-19)14-13(16)18/h5,7,9-10,19H,4,6,8H2,1-3H3,(H,14,15,18). The van der Waals surface area contributed by atoms with Gasteiger partial charge in [-0.25, -0.2) is 4.79 Å². The third-order valence-electron chi connectivity index (χ3n) is 2.90. The Morgan fingerprint density at radius 1 is 1.52 bits per heavy atom. The maximum atomic E-state index is 11.6. The van der Waals surface area contributed by atoms with E-state index in [1.807, 2.05) is 5.48 Å². The summed E-state index contributed by atoms with van der Waals surface area (Å²) in [7, 11) is 1.52. The van der Waals surface area contributed by atoms with Crippen LogP contribution >= 0.6 is 0 Å². The summed E-state index contributed by atoms with van der Waals surface area (Å²) in [6, 6.07) is 1.47. The molecule has 0 aliphatic rings. The van der Waals surface area contributed by atoms with Crippen LogP contribution in [0.25, 0.3) is 0 Å². The van der Waals surface area contributed by atoms with Crippen LogP contribution in [0.2, 0.25) is 0 Å². The van der Waals surface area contributed by atoms with Crippen LogP contribution in [0.1, 0.15) is 20.3 Å². The Bertz CT molecular complexity index is 515. The summed E-state index contributed by atoms with van der Waals surface area (Å²) in [5.74, 6) is -0.382. The van der Waals surface area contributed by atoms with Crippen molar-refractivity contribution >= 4 is 11.8 Å². The summed E-state index contributed by atoms with van der Waals surface area (Å²) in [5.41, 5.74) is 1.32. The molecule has 1 heterocycles. The average molecular weight is 299 g/mol. The molecule has 0 aliphatic carbocycles. The SMILES string of the molecule is COC(CCn1ccc(NO)nc1=O)COC(=O)C(C)C. The highest BCUT2D eigenvalue weighted by molar-refractivity contribution is 5.71. The van der Waals surface area contributed by atoms with E-state index >= 15 is 0 Å². The molecule has 0 radical (unpaired) electrons. The van der Waals surface area contributed by atoms with Gasteiger partial charge in [0, 0.05) is 19.9 Å². The van der Waals surface area contributed by atoms with Crippen LogP contribution in [0.5, 0.6) is 0 Å². The highest BCUT2D eigenvalue weighted by atomic mass is 16.6. The number of nitrogens with zero attached hydrogens (tertiary/aromatic N) is 2. The van der Waals surface area contributed by atoms with Crippen molar-refractivity contribution in [2.24, 2.45) is 5.92 Å². The molecule has 8 nitrogen and oxygen atoms in total. The quantitative estimate of drug-likeness (QED) is 0.536. The molecule has 0 saturated carbocycles. The van der Waals surface area contributed by atoms with E-state index in [-0.39, 0.29) is 30.4 Å². The Labute approximate surface area is 122 Å². The predicted octanol–water partition coefficient (Wildman–Crippen LogP) is 0.649. The van der Waals surface area contributed by atoms with Gasteiger partial charge in [-0.2, -0.15) is 4.98 Å². The molecule has 1 unspecified atom stereocenters. The number of rotatable bonds is 8. The van der Waals surface area contributed by atoms with Crippen LogP contribution in [0, 0.1) is 5.92 Å². The number of carbonyl (C=O) groups excluding carboxylic acids is 1. The van der Waals surface area contributed by atoms with Crippen LogP contribution in [-0.2, 0) is 20.8 Å². The molecule has 1 atom stereocenters. The van der Waals surface area contributed by atoms with E-state index in [9.17, 15) is 9.59 Å². The smallest absolute Gasteiger partial charge is 0.349 e. The number of anilines is 1. The van der Waals surface area contributed by atoms with E-state index < -0.39 is 5.69 Å². The van der Waals surface area contributed by atoms with Gasteiger partial charge in [0.1, 0.15) is 6.61 Å². The van der Waals surface area contributed by atoms with E-state index in [2.05, 4.69) is 4.98 Å². The molecule has 0 aliphatic heterocycles. The number of ether oxygens (including phenoxy) is 2. The van der Waals surface area contributed by atoms with Gasteiger partial charge in [0.15, 0.2) is 5.82 Å². The zero-order valence-corrected chi connectivity index (χ0v) is 12.4. The molecule has 1 rings (SSSR count). The normalized spacial score (nSPS) is 12.2. The molecule has 0 bridgehead atoms. The minimum atomic E-state index is -0.483. The largest absolute Gasteiger partial charge is 0.463 e. The van der Waals surface area contributed by atoms with Gasteiger partial charge >= 0.3 is 11.7 Å². The molecule has 2 N–H and O–H groups in total. The average Bonchev–Trinajstić information content (AvgIpc) is 2.47. The Morgan fingerprint density at radius 2 is 2.24 bits per heavy atom. The van der Waals surface area contributed by atoms with Gasteiger partial charge < -0.3 is 9.47 Å². The Morgan fingerprint density at radius 3 is 2.76 bits per heavy atom. The molecular weight excluding hydrogens is 278 g/mol. The minimum absolute atomic E-state index is 0.0883. The van der Waals surface area contributed by atoms with Gasteiger partial charge in [-0.3, -0.25) is 20.0 Å². The van der Waals surface area contributed by atoms with Gasteiger partial charge in [0.2, 0.25) is 0 Å². The number of esters is 1. The molecule has 21 heavy (non-hydrogen) atoms. The first-order valence-corrected chi connectivity index (χ1v) is 6.65. The van der Waals surface area contributed by atoms with Gasteiger partial charge in [-0.15, -0.1) is 0 Å². The second-order valence-electron chi connectivity index (χ2n) is 4.83. The van der Waals surface area contributed by atoms with E-state index in [0.29, 0.717) is 13.0 Å². The van der Waals surface area contributed by atoms with Crippen molar-refractivity contribution in [1.82, 2.24) is 9.55 Å². The lowest BCUT2D eigenvalue weighted by Gasteiger charge is -2.16. The Balaban J connectivity index is 2.51. The molecule has 118 valence electrons. The number of hydrogen-bond donors (Lipinski definition) is 2. The third kappa shape index (κ3) is 5.52. The third-order valence-corrected chi connectivity index (χ3v) is 2.90. The van der Waals surface area contributed by atoms with Gasteiger partial charge in [-0.1, -0.05) is 13.8 Å². The fourth-order valence-electron chi connectivity index (χ4n) is 1.56. The van der Waals surface area contributed by atoms with Crippen molar-refractivity contribution in [2.45, 2.75) is 32.9 Å². The second-order valence-corrected chi connectivity index (χ2v) is 4.83. The molecule has 8 heteroatoms. The number of aromatic nitrogens is 2. The van der Waals surface area contributed by atoms with E-state index in [0.717, 1.165) is 0 Å². The fraction of sp³-hybridized carbons (Fsp3) is 0.615. The fourth-order valence-corrected chi connectivity index (χ4v) is 1.56.